The molecule has 0 aliphatic heterocycles. The number of amides is 1. The number of fused-ring (bicyclic) bond motifs is 1. The summed E-state index contributed by atoms with van der Waals surface area (Å²) < 4.78 is 7.44. The highest BCUT2D eigenvalue weighted by Gasteiger charge is 2.19. The van der Waals surface area contributed by atoms with Crippen molar-refractivity contribution >= 4 is 45.2 Å². The second-order valence-electron chi connectivity index (χ2n) is 6.64. The van der Waals surface area contributed by atoms with Crippen molar-refractivity contribution in [3.8, 4) is 0 Å². The van der Waals surface area contributed by atoms with E-state index in [4.69, 9.17) is 4.74 Å². The minimum Gasteiger partial charge on any atom is -0.449 e. The Hall–Kier alpha value is -2.38. The van der Waals surface area contributed by atoms with E-state index in [1.807, 2.05) is 44.2 Å². The fraction of sp³-hybridized carbons (Fsp3) is 0.286. The molecule has 28 heavy (non-hydrogen) atoms. The van der Waals surface area contributed by atoms with Crippen molar-refractivity contribution in [3.05, 3.63) is 59.7 Å². The zero-order valence-electron chi connectivity index (χ0n) is 16.0. The number of nitrogens with one attached hydrogen (secondary N) is 1. The highest BCUT2D eigenvalue weighted by molar-refractivity contribution is 8.00. The molecule has 0 aliphatic carbocycles. The summed E-state index contributed by atoms with van der Waals surface area (Å²) in [5.41, 5.74) is 2.54. The second kappa shape index (κ2) is 9.21. The average molecular weight is 415 g/mol. The van der Waals surface area contributed by atoms with E-state index < -0.39 is 12.1 Å². The molecule has 1 aromatic heterocycles. The number of hydrogen-bond donors (Lipinski definition) is 1. The number of ether oxygens (including phenoxy) is 1. The fourth-order valence-electron chi connectivity index (χ4n) is 2.48. The van der Waals surface area contributed by atoms with Crippen LogP contribution in [0.3, 0.4) is 0 Å². The lowest BCUT2D eigenvalue weighted by Gasteiger charge is -2.15. The van der Waals surface area contributed by atoms with Gasteiger partial charge in [0.05, 0.1) is 15.8 Å². The Balaban J connectivity index is 1.55. The van der Waals surface area contributed by atoms with Crippen LogP contribution >= 0.6 is 23.1 Å². The first kappa shape index (κ1) is 20.4. The van der Waals surface area contributed by atoms with Gasteiger partial charge in [-0.1, -0.05) is 36.0 Å². The summed E-state index contributed by atoms with van der Waals surface area (Å²) in [6.45, 7) is 5.29. The Morgan fingerprint density at radius 2 is 1.82 bits per heavy atom. The standard InChI is InChI=1S/C21H22N2O3S2/c1-13(2)22-19(24)14(3)26-20(25)16-10-8-15(9-11-16)12-27-21-23-17-6-4-5-7-18(17)28-21/h4-11,13-14H,12H2,1-3H3,(H,22,24)/t14-/m0/s1. The number of benzene rings is 2. The maximum absolute atomic E-state index is 12.2. The van der Waals surface area contributed by atoms with E-state index in [-0.39, 0.29) is 11.9 Å². The Kier molecular flexibility index (Phi) is 6.70. The van der Waals surface area contributed by atoms with Gasteiger partial charge in [-0.2, -0.15) is 0 Å². The summed E-state index contributed by atoms with van der Waals surface area (Å²) in [6.07, 6.45) is -0.829. The quantitative estimate of drug-likeness (QED) is 0.450. The molecule has 7 heteroatoms. The van der Waals surface area contributed by atoms with Crippen molar-refractivity contribution in [1.29, 1.82) is 0 Å². The third kappa shape index (κ3) is 5.33. The van der Waals surface area contributed by atoms with Crippen molar-refractivity contribution in [2.45, 2.75) is 43.0 Å². The molecule has 0 unspecified atom stereocenters. The fourth-order valence-corrected chi connectivity index (χ4v) is 4.50. The summed E-state index contributed by atoms with van der Waals surface area (Å²) in [5.74, 6) is -0.0356. The Morgan fingerprint density at radius 3 is 2.50 bits per heavy atom. The summed E-state index contributed by atoms with van der Waals surface area (Å²) in [4.78, 5) is 28.7. The van der Waals surface area contributed by atoms with E-state index in [2.05, 4.69) is 16.4 Å². The zero-order valence-corrected chi connectivity index (χ0v) is 17.6. The summed E-state index contributed by atoms with van der Waals surface area (Å²) in [7, 11) is 0. The maximum Gasteiger partial charge on any atom is 0.338 e. The molecule has 1 amide bonds. The van der Waals surface area contributed by atoms with Crippen LogP contribution in [0.2, 0.25) is 0 Å². The van der Waals surface area contributed by atoms with Gasteiger partial charge < -0.3 is 10.1 Å². The number of esters is 1. The third-order valence-electron chi connectivity index (χ3n) is 3.91. The van der Waals surface area contributed by atoms with Gasteiger partial charge in [0.25, 0.3) is 5.91 Å². The summed E-state index contributed by atoms with van der Waals surface area (Å²) >= 11 is 3.35. The number of nitrogens with zero attached hydrogens (tertiary/aromatic N) is 1. The van der Waals surface area contributed by atoms with Crippen LogP contribution in [0.4, 0.5) is 0 Å². The van der Waals surface area contributed by atoms with Gasteiger partial charge in [0.2, 0.25) is 0 Å². The molecule has 2 aromatic carbocycles. The molecule has 1 atom stereocenters. The molecule has 0 saturated carbocycles. The van der Waals surface area contributed by atoms with Crippen LogP contribution in [0, 0.1) is 0 Å². The lowest BCUT2D eigenvalue weighted by Crippen LogP contribution is -2.39. The van der Waals surface area contributed by atoms with Crippen molar-refractivity contribution < 1.29 is 14.3 Å². The number of carbonyl (C=O) groups excluding carboxylic acids is 2. The maximum atomic E-state index is 12.2. The van der Waals surface area contributed by atoms with Crippen molar-refractivity contribution in [2.75, 3.05) is 0 Å². The van der Waals surface area contributed by atoms with Gasteiger partial charge in [0.1, 0.15) is 0 Å². The predicted molar refractivity (Wildman–Crippen MR) is 114 cm³/mol. The van der Waals surface area contributed by atoms with Gasteiger partial charge in [-0.05, 0) is 50.6 Å². The van der Waals surface area contributed by atoms with E-state index in [9.17, 15) is 9.59 Å². The molecule has 0 radical (unpaired) electrons. The van der Waals surface area contributed by atoms with E-state index in [0.717, 1.165) is 21.2 Å². The molecule has 3 aromatic rings. The largest absolute Gasteiger partial charge is 0.449 e. The molecule has 0 saturated heterocycles. The monoisotopic (exact) mass is 414 g/mol. The number of thioether (sulfide) groups is 1. The van der Waals surface area contributed by atoms with Crippen LogP contribution < -0.4 is 5.32 Å². The Morgan fingerprint density at radius 1 is 1.11 bits per heavy atom. The molecule has 1 N–H and O–H groups in total. The van der Waals surface area contributed by atoms with Crippen molar-refractivity contribution in [3.63, 3.8) is 0 Å². The van der Waals surface area contributed by atoms with Gasteiger partial charge in [-0.25, -0.2) is 9.78 Å². The summed E-state index contributed by atoms with van der Waals surface area (Å²) in [5, 5.41) is 2.73. The van der Waals surface area contributed by atoms with Crippen LogP contribution in [0.15, 0.2) is 52.9 Å². The summed E-state index contributed by atoms with van der Waals surface area (Å²) in [6, 6.07) is 15.3. The first-order valence-corrected chi connectivity index (χ1v) is 10.8. The zero-order chi connectivity index (χ0) is 20.1. The molecule has 0 bridgehead atoms. The minimum atomic E-state index is -0.829. The molecule has 5 nitrogen and oxygen atoms in total. The minimum absolute atomic E-state index is 0.000799. The van der Waals surface area contributed by atoms with Crippen molar-refractivity contribution in [2.24, 2.45) is 0 Å². The number of hydrogen-bond acceptors (Lipinski definition) is 6. The first-order valence-electron chi connectivity index (χ1n) is 9.01. The van der Waals surface area contributed by atoms with Gasteiger partial charge in [-0.15, -0.1) is 11.3 Å². The van der Waals surface area contributed by atoms with Crippen LogP contribution in [0.25, 0.3) is 10.2 Å². The molecule has 1 heterocycles. The molecule has 0 spiro atoms. The van der Waals surface area contributed by atoms with Gasteiger partial charge in [0, 0.05) is 11.8 Å². The average Bonchev–Trinajstić information content (AvgIpc) is 3.09. The second-order valence-corrected chi connectivity index (χ2v) is 8.90. The number of rotatable bonds is 7. The Bertz CT molecular complexity index is 934. The number of para-hydroxylation sites is 1. The first-order chi connectivity index (χ1) is 13.4. The van der Waals surface area contributed by atoms with Crippen LogP contribution in [-0.4, -0.2) is 29.0 Å². The van der Waals surface area contributed by atoms with Gasteiger partial charge in [0.15, 0.2) is 10.4 Å². The van der Waals surface area contributed by atoms with Crippen LogP contribution in [-0.2, 0) is 15.3 Å². The highest BCUT2D eigenvalue weighted by atomic mass is 32.2. The van der Waals surface area contributed by atoms with E-state index in [1.165, 1.54) is 4.70 Å². The van der Waals surface area contributed by atoms with E-state index in [0.29, 0.717) is 5.56 Å². The number of thiazole rings is 1. The smallest absolute Gasteiger partial charge is 0.338 e. The third-order valence-corrected chi connectivity index (χ3v) is 6.16. The topological polar surface area (TPSA) is 68.3 Å². The molecule has 3 rings (SSSR count). The van der Waals surface area contributed by atoms with Gasteiger partial charge >= 0.3 is 5.97 Å². The Labute approximate surface area is 172 Å². The van der Waals surface area contributed by atoms with Crippen LogP contribution in [0.5, 0.6) is 0 Å². The number of aromatic nitrogens is 1. The van der Waals surface area contributed by atoms with E-state index in [1.54, 1.807) is 42.2 Å². The van der Waals surface area contributed by atoms with Crippen LogP contribution in [0.1, 0.15) is 36.7 Å². The van der Waals surface area contributed by atoms with Gasteiger partial charge in [-0.3, -0.25) is 4.79 Å². The number of carbonyl (C=O) groups is 2. The molecular weight excluding hydrogens is 392 g/mol. The van der Waals surface area contributed by atoms with E-state index >= 15 is 0 Å². The molecule has 0 fully saturated rings. The molecular formula is C21H22N2O3S2. The predicted octanol–water partition coefficient (Wildman–Crippen LogP) is 4.66. The molecule has 0 aliphatic rings. The lowest BCUT2D eigenvalue weighted by atomic mass is 10.1. The normalized spacial score (nSPS) is 12.1. The lowest BCUT2D eigenvalue weighted by molar-refractivity contribution is -0.129. The molecule has 146 valence electrons. The SMILES string of the molecule is CC(C)NC(=O)[C@H](C)OC(=O)c1ccc(CSc2nc3ccccc3s2)cc1. The highest BCUT2D eigenvalue weighted by Crippen LogP contribution is 2.31. The van der Waals surface area contributed by atoms with Crippen molar-refractivity contribution in [1.82, 2.24) is 10.3 Å².